The van der Waals surface area contributed by atoms with E-state index in [9.17, 15) is 4.79 Å². The number of aryl methyl sites for hydroxylation is 1. The average molecular weight is 433 g/mol. The Hall–Kier alpha value is -3.49. The minimum Gasteiger partial charge on any atom is -0.365 e. The number of piperidine rings is 1. The molecule has 1 N–H and O–H groups in total. The van der Waals surface area contributed by atoms with Crippen LogP contribution in [0.1, 0.15) is 36.0 Å². The summed E-state index contributed by atoms with van der Waals surface area (Å²) in [6, 6.07) is 5.93. The quantitative estimate of drug-likeness (QED) is 0.662. The van der Waals surface area contributed by atoms with Crippen LogP contribution >= 0.6 is 0 Å². The van der Waals surface area contributed by atoms with Crippen LogP contribution in [0.25, 0.3) is 11.3 Å². The zero-order chi connectivity index (χ0) is 21.9. The summed E-state index contributed by atoms with van der Waals surface area (Å²) in [6.45, 7) is 3.37. The van der Waals surface area contributed by atoms with E-state index in [0.717, 1.165) is 68.5 Å². The second-order valence-corrected chi connectivity index (χ2v) is 8.51. The van der Waals surface area contributed by atoms with Gasteiger partial charge in [-0.3, -0.25) is 9.48 Å². The molecule has 2 aliphatic rings. The molecule has 5 rings (SSSR count). The lowest BCUT2D eigenvalue weighted by molar-refractivity contribution is 0.0724. The SMILES string of the molecule is Cn1cc(-c2ccnc(N3CCC(Nc4ccc(C(=O)N5CCCCC5)cn4)C3)n2)cn1. The van der Waals surface area contributed by atoms with E-state index in [0.29, 0.717) is 5.56 Å². The van der Waals surface area contributed by atoms with Crippen molar-refractivity contribution in [2.45, 2.75) is 31.7 Å². The molecule has 3 aromatic heterocycles. The smallest absolute Gasteiger partial charge is 0.255 e. The minimum absolute atomic E-state index is 0.0847. The standard InChI is InChI=1S/C23H28N8O/c1-29-15-18(14-26-29)20-7-9-24-23(28-20)31-12-8-19(16-31)27-21-6-5-17(13-25-21)22(32)30-10-3-2-4-11-30/h5-7,9,13-15,19H,2-4,8,10-12,16H2,1H3,(H,25,27). The van der Waals surface area contributed by atoms with Gasteiger partial charge in [0.2, 0.25) is 5.95 Å². The molecule has 0 spiro atoms. The van der Waals surface area contributed by atoms with Gasteiger partial charge in [0.05, 0.1) is 17.5 Å². The van der Waals surface area contributed by atoms with Gasteiger partial charge in [-0.1, -0.05) is 0 Å². The highest BCUT2D eigenvalue weighted by Crippen LogP contribution is 2.22. The molecule has 9 heteroatoms. The first kappa shape index (κ1) is 20.4. The molecule has 1 amide bonds. The van der Waals surface area contributed by atoms with Crippen molar-refractivity contribution >= 4 is 17.7 Å². The van der Waals surface area contributed by atoms with Crippen molar-refractivity contribution in [3.63, 3.8) is 0 Å². The lowest BCUT2D eigenvalue weighted by Crippen LogP contribution is -2.35. The van der Waals surface area contributed by atoms with Crippen LogP contribution in [0.5, 0.6) is 0 Å². The van der Waals surface area contributed by atoms with E-state index in [1.165, 1.54) is 6.42 Å². The number of aromatic nitrogens is 5. The fourth-order valence-electron chi connectivity index (χ4n) is 4.37. The number of pyridine rings is 1. The first-order valence-electron chi connectivity index (χ1n) is 11.2. The maximum Gasteiger partial charge on any atom is 0.255 e. The van der Waals surface area contributed by atoms with E-state index in [1.54, 1.807) is 17.1 Å². The van der Waals surface area contributed by atoms with Crippen LogP contribution in [0.3, 0.4) is 0 Å². The fraction of sp³-hybridized carbons (Fsp3) is 0.435. The molecule has 1 unspecified atom stereocenters. The van der Waals surface area contributed by atoms with Crippen molar-refractivity contribution in [2.75, 3.05) is 36.4 Å². The predicted molar refractivity (Wildman–Crippen MR) is 122 cm³/mol. The van der Waals surface area contributed by atoms with Gasteiger partial charge in [0, 0.05) is 63.4 Å². The Morgan fingerprint density at radius 3 is 2.69 bits per heavy atom. The highest BCUT2D eigenvalue weighted by atomic mass is 16.2. The third-order valence-electron chi connectivity index (χ3n) is 6.12. The monoisotopic (exact) mass is 432 g/mol. The summed E-state index contributed by atoms with van der Waals surface area (Å²) in [4.78, 5) is 30.4. The molecule has 2 aliphatic heterocycles. The molecule has 1 atom stereocenters. The van der Waals surface area contributed by atoms with Crippen LogP contribution in [0.4, 0.5) is 11.8 Å². The first-order chi connectivity index (χ1) is 15.7. The molecule has 32 heavy (non-hydrogen) atoms. The van der Waals surface area contributed by atoms with Crippen LogP contribution < -0.4 is 10.2 Å². The maximum absolute atomic E-state index is 12.6. The third-order valence-corrected chi connectivity index (χ3v) is 6.12. The number of hydrogen-bond donors (Lipinski definition) is 1. The summed E-state index contributed by atoms with van der Waals surface area (Å²) < 4.78 is 1.77. The van der Waals surface area contributed by atoms with E-state index < -0.39 is 0 Å². The van der Waals surface area contributed by atoms with Gasteiger partial charge >= 0.3 is 0 Å². The Labute approximate surface area is 187 Å². The van der Waals surface area contributed by atoms with Gasteiger partial charge in [0.1, 0.15) is 5.82 Å². The first-order valence-corrected chi connectivity index (χ1v) is 11.2. The van der Waals surface area contributed by atoms with E-state index in [4.69, 9.17) is 4.98 Å². The molecule has 166 valence electrons. The maximum atomic E-state index is 12.6. The van der Waals surface area contributed by atoms with Gasteiger partial charge in [-0.15, -0.1) is 0 Å². The summed E-state index contributed by atoms with van der Waals surface area (Å²) in [5.41, 5.74) is 2.51. The molecule has 0 radical (unpaired) electrons. The van der Waals surface area contributed by atoms with E-state index in [-0.39, 0.29) is 11.9 Å². The van der Waals surface area contributed by atoms with Crippen molar-refractivity contribution in [3.8, 4) is 11.3 Å². The van der Waals surface area contributed by atoms with Crippen molar-refractivity contribution in [3.05, 3.63) is 48.5 Å². The van der Waals surface area contributed by atoms with Crippen LogP contribution in [0.15, 0.2) is 43.0 Å². The second kappa shape index (κ2) is 8.94. The summed E-state index contributed by atoms with van der Waals surface area (Å²) in [7, 11) is 1.90. The van der Waals surface area contributed by atoms with E-state index in [2.05, 4.69) is 25.3 Å². The van der Waals surface area contributed by atoms with Gasteiger partial charge in [-0.05, 0) is 43.9 Å². The molecule has 0 saturated carbocycles. The van der Waals surface area contributed by atoms with Crippen molar-refractivity contribution in [1.82, 2.24) is 29.6 Å². The number of nitrogens with zero attached hydrogens (tertiary/aromatic N) is 7. The Bertz CT molecular complexity index is 1070. The van der Waals surface area contributed by atoms with Crippen molar-refractivity contribution in [1.29, 1.82) is 0 Å². The largest absolute Gasteiger partial charge is 0.365 e. The summed E-state index contributed by atoms with van der Waals surface area (Å²) in [5, 5.41) is 7.71. The van der Waals surface area contributed by atoms with Crippen LogP contribution in [-0.4, -0.2) is 67.8 Å². The Balaban J connectivity index is 1.20. The number of hydrogen-bond acceptors (Lipinski definition) is 7. The van der Waals surface area contributed by atoms with Gasteiger partial charge in [0.15, 0.2) is 0 Å². The highest BCUT2D eigenvalue weighted by Gasteiger charge is 2.25. The molecule has 0 bridgehead atoms. The van der Waals surface area contributed by atoms with Crippen LogP contribution in [0.2, 0.25) is 0 Å². The molecule has 9 nitrogen and oxygen atoms in total. The Kier molecular flexibility index (Phi) is 5.70. The second-order valence-electron chi connectivity index (χ2n) is 8.51. The van der Waals surface area contributed by atoms with Crippen LogP contribution in [-0.2, 0) is 7.05 Å². The van der Waals surface area contributed by atoms with Gasteiger partial charge in [0.25, 0.3) is 5.91 Å². The number of nitrogens with one attached hydrogen (secondary N) is 1. The summed E-state index contributed by atoms with van der Waals surface area (Å²) in [6.07, 6.45) is 11.6. The topological polar surface area (TPSA) is 92.1 Å². The van der Waals surface area contributed by atoms with Gasteiger partial charge < -0.3 is 15.1 Å². The number of anilines is 2. The molecule has 2 saturated heterocycles. The van der Waals surface area contributed by atoms with Crippen LogP contribution in [0, 0.1) is 0 Å². The van der Waals surface area contributed by atoms with Crippen molar-refractivity contribution in [2.24, 2.45) is 7.05 Å². The minimum atomic E-state index is 0.0847. The Morgan fingerprint density at radius 1 is 1.06 bits per heavy atom. The summed E-state index contributed by atoms with van der Waals surface area (Å²) >= 11 is 0. The van der Waals surface area contributed by atoms with Gasteiger partial charge in [-0.2, -0.15) is 5.10 Å². The third kappa shape index (κ3) is 4.42. The van der Waals surface area contributed by atoms with Crippen molar-refractivity contribution < 1.29 is 4.79 Å². The molecule has 2 fully saturated rings. The molecular formula is C23H28N8O. The Morgan fingerprint density at radius 2 is 1.94 bits per heavy atom. The molecule has 3 aromatic rings. The van der Waals surface area contributed by atoms with E-state index in [1.807, 2.05) is 42.5 Å². The van der Waals surface area contributed by atoms with E-state index >= 15 is 0 Å². The molecule has 0 aliphatic carbocycles. The molecule has 0 aromatic carbocycles. The molecule has 5 heterocycles. The molecular weight excluding hydrogens is 404 g/mol. The number of carbonyl (C=O) groups is 1. The fourth-order valence-corrected chi connectivity index (χ4v) is 4.37. The number of likely N-dealkylation sites (tertiary alicyclic amines) is 1. The summed E-state index contributed by atoms with van der Waals surface area (Å²) in [5.74, 6) is 1.60. The normalized spacial score (nSPS) is 18.7. The van der Waals surface area contributed by atoms with Gasteiger partial charge in [-0.25, -0.2) is 15.0 Å². The average Bonchev–Trinajstić information content (AvgIpc) is 3.49. The number of rotatable bonds is 5. The highest BCUT2D eigenvalue weighted by molar-refractivity contribution is 5.94. The number of amides is 1. The number of carbonyl (C=O) groups excluding carboxylic acids is 1. The zero-order valence-corrected chi connectivity index (χ0v) is 18.3. The lowest BCUT2D eigenvalue weighted by atomic mass is 10.1. The lowest BCUT2D eigenvalue weighted by Gasteiger charge is -2.26. The zero-order valence-electron chi connectivity index (χ0n) is 18.3. The predicted octanol–water partition coefficient (Wildman–Crippen LogP) is 2.59.